The lowest BCUT2D eigenvalue weighted by molar-refractivity contribution is -0.143. The first-order valence-electron chi connectivity index (χ1n) is 27.4. The lowest BCUT2D eigenvalue weighted by Gasteiger charge is -2.22. The van der Waals surface area contributed by atoms with Gasteiger partial charge in [0, 0.05) is 12.8 Å². The number of aliphatic hydroxyl groups is 2. The van der Waals surface area contributed by atoms with Crippen LogP contribution < -0.4 is 5.32 Å². The number of amides is 1. The Kier molecular flexibility index (Phi) is 50.1. The standard InChI is InChI=1S/C55H107NO5/c1-3-5-7-9-11-13-15-17-19-20-21-22-23-24-25-26-28-31-35-39-43-47-53(58)52(51-57)56-54(59)48-44-40-36-32-30-34-38-42-46-50-61-55(60)49-45-41-37-33-29-27-18-16-14-12-10-8-6-4-2/h16,18,52-53,57-58H,3-15,17,19-51H2,1-2H3,(H,56,59)/b18-16-. The van der Waals surface area contributed by atoms with E-state index in [2.05, 4.69) is 31.3 Å². The van der Waals surface area contributed by atoms with E-state index < -0.39 is 12.1 Å². The summed E-state index contributed by atoms with van der Waals surface area (Å²) in [4.78, 5) is 24.5. The van der Waals surface area contributed by atoms with Crippen LogP contribution in [0.15, 0.2) is 12.2 Å². The zero-order valence-corrected chi connectivity index (χ0v) is 41.2. The zero-order valence-electron chi connectivity index (χ0n) is 41.2. The molecule has 362 valence electrons. The molecule has 0 saturated carbocycles. The summed E-state index contributed by atoms with van der Waals surface area (Å²) in [5, 5.41) is 23.3. The van der Waals surface area contributed by atoms with Crippen LogP contribution in [0, 0.1) is 0 Å². The third-order valence-electron chi connectivity index (χ3n) is 12.8. The average Bonchev–Trinajstić information content (AvgIpc) is 3.26. The molecular formula is C55H107NO5. The van der Waals surface area contributed by atoms with Gasteiger partial charge in [-0.25, -0.2) is 0 Å². The van der Waals surface area contributed by atoms with Crippen LogP contribution in [-0.2, 0) is 14.3 Å². The maximum atomic E-state index is 12.5. The van der Waals surface area contributed by atoms with Crippen molar-refractivity contribution in [2.75, 3.05) is 13.2 Å². The van der Waals surface area contributed by atoms with Crippen molar-refractivity contribution in [2.24, 2.45) is 0 Å². The van der Waals surface area contributed by atoms with E-state index in [4.69, 9.17) is 4.74 Å². The first kappa shape index (κ1) is 59.6. The van der Waals surface area contributed by atoms with E-state index in [1.807, 2.05) is 0 Å². The number of nitrogens with one attached hydrogen (secondary N) is 1. The van der Waals surface area contributed by atoms with E-state index in [0.29, 0.717) is 25.9 Å². The molecule has 0 aromatic carbocycles. The van der Waals surface area contributed by atoms with Gasteiger partial charge >= 0.3 is 5.97 Å². The second-order valence-corrected chi connectivity index (χ2v) is 18.9. The minimum Gasteiger partial charge on any atom is -0.466 e. The Morgan fingerprint density at radius 1 is 0.443 bits per heavy atom. The molecule has 6 heteroatoms. The number of esters is 1. The van der Waals surface area contributed by atoms with Gasteiger partial charge in [0.25, 0.3) is 0 Å². The lowest BCUT2D eigenvalue weighted by atomic mass is 10.0. The van der Waals surface area contributed by atoms with Crippen molar-refractivity contribution in [2.45, 2.75) is 315 Å². The molecule has 2 atom stereocenters. The summed E-state index contributed by atoms with van der Waals surface area (Å²) in [6.45, 7) is 4.89. The van der Waals surface area contributed by atoms with Crippen molar-refractivity contribution in [1.29, 1.82) is 0 Å². The summed E-state index contributed by atoms with van der Waals surface area (Å²) >= 11 is 0. The highest BCUT2D eigenvalue weighted by molar-refractivity contribution is 5.76. The first-order valence-corrected chi connectivity index (χ1v) is 27.4. The molecule has 61 heavy (non-hydrogen) atoms. The molecule has 0 aromatic heterocycles. The number of rotatable bonds is 51. The smallest absolute Gasteiger partial charge is 0.305 e. The average molecular weight is 862 g/mol. The second kappa shape index (κ2) is 51.2. The SMILES string of the molecule is CCCCCCC/C=C\CCCCCCCC(=O)OCCCCCCCCCCCC(=O)NC(CO)C(O)CCCCCCCCCCCCCCCCCCCCCCC. The molecule has 0 aliphatic heterocycles. The van der Waals surface area contributed by atoms with Gasteiger partial charge < -0.3 is 20.3 Å². The normalized spacial score (nSPS) is 12.7. The van der Waals surface area contributed by atoms with E-state index in [-0.39, 0.29) is 18.5 Å². The predicted molar refractivity (Wildman–Crippen MR) is 264 cm³/mol. The molecule has 2 unspecified atom stereocenters. The molecule has 0 aliphatic carbocycles. The van der Waals surface area contributed by atoms with Gasteiger partial charge in [0.05, 0.1) is 25.4 Å². The van der Waals surface area contributed by atoms with Gasteiger partial charge in [-0.2, -0.15) is 0 Å². The molecule has 0 aliphatic rings. The fraction of sp³-hybridized carbons (Fsp3) is 0.927. The Hall–Kier alpha value is -1.40. The number of aliphatic hydroxyl groups excluding tert-OH is 2. The number of carbonyl (C=O) groups is 2. The number of unbranched alkanes of at least 4 members (excludes halogenated alkanes) is 38. The molecule has 0 rings (SSSR count). The maximum absolute atomic E-state index is 12.5. The molecule has 0 bridgehead atoms. The van der Waals surface area contributed by atoms with Gasteiger partial charge in [-0.1, -0.05) is 251 Å². The van der Waals surface area contributed by atoms with Crippen molar-refractivity contribution in [1.82, 2.24) is 5.32 Å². The topological polar surface area (TPSA) is 95.9 Å². The highest BCUT2D eigenvalue weighted by Gasteiger charge is 2.20. The molecule has 0 radical (unpaired) electrons. The summed E-state index contributed by atoms with van der Waals surface area (Å²) in [6.07, 6.45) is 59.0. The second-order valence-electron chi connectivity index (χ2n) is 18.9. The summed E-state index contributed by atoms with van der Waals surface area (Å²) in [7, 11) is 0. The predicted octanol–water partition coefficient (Wildman–Crippen LogP) is 16.5. The van der Waals surface area contributed by atoms with E-state index in [1.165, 1.54) is 212 Å². The molecular weight excluding hydrogens is 755 g/mol. The molecule has 6 nitrogen and oxygen atoms in total. The highest BCUT2D eigenvalue weighted by Crippen LogP contribution is 2.17. The third kappa shape index (κ3) is 47.9. The van der Waals surface area contributed by atoms with Crippen LogP contribution in [0.25, 0.3) is 0 Å². The largest absolute Gasteiger partial charge is 0.466 e. The molecule has 3 N–H and O–H groups in total. The van der Waals surface area contributed by atoms with Crippen LogP contribution in [0.3, 0.4) is 0 Å². The number of carbonyl (C=O) groups excluding carboxylic acids is 2. The number of ether oxygens (including phenoxy) is 1. The fourth-order valence-corrected chi connectivity index (χ4v) is 8.58. The van der Waals surface area contributed by atoms with E-state index >= 15 is 0 Å². The monoisotopic (exact) mass is 862 g/mol. The zero-order chi connectivity index (χ0) is 44.4. The Morgan fingerprint density at radius 3 is 1.16 bits per heavy atom. The van der Waals surface area contributed by atoms with Crippen LogP contribution in [0.5, 0.6) is 0 Å². The van der Waals surface area contributed by atoms with Crippen molar-refractivity contribution in [3.8, 4) is 0 Å². The van der Waals surface area contributed by atoms with E-state index in [9.17, 15) is 19.8 Å². The highest BCUT2D eigenvalue weighted by atomic mass is 16.5. The van der Waals surface area contributed by atoms with Crippen molar-refractivity contribution in [3.63, 3.8) is 0 Å². The molecule has 1 amide bonds. The van der Waals surface area contributed by atoms with Crippen molar-refractivity contribution in [3.05, 3.63) is 12.2 Å². The summed E-state index contributed by atoms with van der Waals surface area (Å²) in [6, 6.07) is -0.562. The van der Waals surface area contributed by atoms with Crippen molar-refractivity contribution < 1.29 is 24.5 Å². The minimum atomic E-state index is -0.682. The molecule has 0 fully saturated rings. The fourth-order valence-electron chi connectivity index (χ4n) is 8.58. The van der Waals surface area contributed by atoms with Gasteiger partial charge in [-0.3, -0.25) is 9.59 Å². The summed E-state index contributed by atoms with van der Waals surface area (Å²) < 4.78 is 5.45. The van der Waals surface area contributed by atoms with Crippen LogP contribution in [0.4, 0.5) is 0 Å². The molecule has 0 spiro atoms. The van der Waals surface area contributed by atoms with Gasteiger partial charge in [-0.05, 0) is 51.4 Å². The minimum absolute atomic E-state index is 0.0325. The first-order chi connectivity index (χ1) is 30.0. The van der Waals surface area contributed by atoms with Crippen LogP contribution in [-0.4, -0.2) is 47.4 Å². The number of allylic oxidation sites excluding steroid dienone is 2. The molecule has 0 saturated heterocycles. The Balaban J connectivity index is 3.48. The number of hydrogen-bond acceptors (Lipinski definition) is 5. The van der Waals surface area contributed by atoms with Gasteiger partial charge in [0.2, 0.25) is 5.91 Å². The Bertz CT molecular complexity index is 909. The third-order valence-corrected chi connectivity index (χ3v) is 12.8. The maximum Gasteiger partial charge on any atom is 0.305 e. The summed E-state index contributed by atoms with van der Waals surface area (Å²) in [5.41, 5.74) is 0. The van der Waals surface area contributed by atoms with Crippen LogP contribution in [0.2, 0.25) is 0 Å². The Labute approximate surface area is 380 Å². The summed E-state index contributed by atoms with van der Waals surface area (Å²) in [5.74, 6) is -0.0926. The van der Waals surface area contributed by atoms with E-state index in [1.54, 1.807) is 0 Å². The van der Waals surface area contributed by atoms with Crippen LogP contribution >= 0.6 is 0 Å². The van der Waals surface area contributed by atoms with E-state index in [0.717, 1.165) is 57.8 Å². The van der Waals surface area contributed by atoms with Gasteiger partial charge in [0.1, 0.15) is 0 Å². The lowest BCUT2D eigenvalue weighted by Crippen LogP contribution is -2.45. The van der Waals surface area contributed by atoms with Gasteiger partial charge in [-0.15, -0.1) is 0 Å². The quantitative estimate of drug-likeness (QED) is 0.0322. The van der Waals surface area contributed by atoms with Crippen LogP contribution in [0.1, 0.15) is 303 Å². The van der Waals surface area contributed by atoms with Gasteiger partial charge in [0.15, 0.2) is 0 Å². The van der Waals surface area contributed by atoms with Crippen molar-refractivity contribution >= 4 is 11.9 Å². The molecule has 0 aromatic rings. The Morgan fingerprint density at radius 2 is 0.770 bits per heavy atom. The number of hydrogen-bond donors (Lipinski definition) is 3. The molecule has 0 heterocycles.